The van der Waals surface area contributed by atoms with Gasteiger partial charge in [0.25, 0.3) is 0 Å². The van der Waals surface area contributed by atoms with Gasteiger partial charge in [-0.15, -0.1) is 0 Å². The molecule has 5 saturated carbocycles. The number of aromatic nitrogens is 3. The molecule has 6 atom stereocenters. The van der Waals surface area contributed by atoms with E-state index >= 15 is 0 Å². The van der Waals surface area contributed by atoms with E-state index in [-0.39, 0.29) is 10.8 Å². The van der Waals surface area contributed by atoms with Crippen LogP contribution >= 0.6 is 0 Å². The lowest BCUT2D eigenvalue weighted by atomic mass is 9.54. The smallest absolute Gasteiger partial charge is 0.164 e. The number of hydrogen-bond donors (Lipinski definition) is 0. The lowest BCUT2D eigenvalue weighted by Crippen LogP contribution is -2.42. The van der Waals surface area contributed by atoms with E-state index in [0.29, 0.717) is 23.0 Å². The van der Waals surface area contributed by atoms with Gasteiger partial charge in [0, 0.05) is 16.7 Å². The van der Waals surface area contributed by atoms with E-state index in [1.165, 1.54) is 75.3 Å². The summed E-state index contributed by atoms with van der Waals surface area (Å²) in [4.78, 5) is 15.7. The van der Waals surface area contributed by atoms with Crippen molar-refractivity contribution in [3.8, 4) is 62.5 Å². The van der Waals surface area contributed by atoms with Gasteiger partial charge in [-0.25, -0.2) is 15.0 Å². The van der Waals surface area contributed by atoms with Crippen LogP contribution in [0.25, 0.3) is 56.4 Å². The van der Waals surface area contributed by atoms with E-state index in [2.05, 4.69) is 125 Å². The predicted octanol–water partition coefficient (Wildman–Crippen LogP) is 14.3. The van der Waals surface area contributed by atoms with Crippen molar-refractivity contribution < 1.29 is 0 Å². The van der Waals surface area contributed by atoms with Crippen molar-refractivity contribution in [2.75, 3.05) is 0 Å². The molecule has 60 heavy (non-hydrogen) atoms. The maximum Gasteiger partial charge on any atom is 0.164 e. The second-order valence-electron chi connectivity index (χ2n) is 20.2. The van der Waals surface area contributed by atoms with E-state index < -0.39 is 0 Å². The Morgan fingerprint density at radius 1 is 0.467 bits per heavy atom. The largest absolute Gasteiger partial charge is 0.208 e. The van der Waals surface area contributed by atoms with Gasteiger partial charge in [0.1, 0.15) is 0 Å². The summed E-state index contributed by atoms with van der Waals surface area (Å²) in [5.41, 5.74) is 11.4. The Morgan fingerprint density at radius 2 is 1.00 bits per heavy atom. The van der Waals surface area contributed by atoms with Crippen molar-refractivity contribution in [1.82, 2.24) is 15.0 Å². The molecule has 5 aromatic carbocycles. The average Bonchev–Trinajstić information content (AvgIpc) is 3.24. The normalized spacial score (nSPS) is 28.4. The topological polar surface area (TPSA) is 62.5 Å². The molecule has 0 N–H and O–H groups in total. The minimum Gasteiger partial charge on any atom is -0.208 e. The van der Waals surface area contributed by atoms with Gasteiger partial charge in [-0.05, 0) is 168 Å². The van der Waals surface area contributed by atoms with Crippen molar-refractivity contribution in [3.05, 3.63) is 138 Å². The van der Waals surface area contributed by atoms with Crippen LogP contribution in [0.1, 0.15) is 109 Å². The summed E-state index contributed by atoms with van der Waals surface area (Å²) in [5.74, 6) is 6.94. The molecular weight excluding hydrogens is 729 g/mol. The summed E-state index contributed by atoms with van der Waals surface area (Å²) in [5, 5.41) is 9.52. The molecule has 0 aliphatic heterocycles. The number of rotatable bonds is 7. The number of nitriles is 1. The van der Waals surface area contributed by atoms with E-state index in [9.17, 15) is 5.26 Å². The Morgan fingerprint density at radius 3 is 1.67 bits per heavy atom. The predicted molar refractivity (Wildman–Crippen MR) is 245 cm³/mol. The lowest BCUT2D eigenvalue weighted by molar-refractivity contribution is 0.0780. The first-order valence-corrected chi connectivity index (χ1v) is 22.8. The minimum atomic E-state index is 0.177. The lowest BCUT2D eigenvalue weighted by Gasteiger charge is -2.50. The molecule has 1 aromatic heterocycles. The molecular formula is C56H58N4. The van der Waals surface area contributed by atoms with Crippen LogP contribution in [0, 0.1) is 46.8 Å². The van der Waals surface area contributed by atoms with Crippen LogP contribution in [0.5, 0.6) is 0 Å². The third-order valence-corrected chi connectivity index (χ3v) is 15.2. The molecule has 11 rings (SSSR count). The number of nitrogens with zero attached hydrogens (tertiary/aromatic N) is 4. The van der Waals surface area contributed by atoms with Gasteiger partial charge in [-0.3, -0.25) is 0 Å². The average molecular weight is 787 g/mol. The van der Waals surface area contributed by atoms with Crippen LogP contribution in [0.2, 0.25) is 0 Å². The van der Waals surface area contributed by atoms with Gasteiger partial charge in [0.2, 0.25) is 0 Å². The SMILES string of the molecule is C[C@@H]1C[C@@H]2C[C@H](C)CC(c3ccc(-c4nc(-c5ccccc5)nc(-c5ccc(-c6ccc(C#N)cc6)cc5-c5ccc(C6(C)C[C@@H](C)C[C@H]7C[C@@H](C6)C7)cc5)n4)cc3)(C1)C2. The third-order valence-electron chi connectivity index (χ3n) is 15.2. The zero-order valence-electron chi connectivity index (χ0n) is 35.9. The Hall–Kier alpha value is -5.40. The maximum atomic E-state index is 9.52. The molecule has 0 saturated heterocycles. The highest BCUT2D eigenvalue weighted by molar-refractivity contribution is 5.86. The summed E-state index contributed by atoms with van der Waals surface area (Å²) in [6.07, 6.45) is 13.3. The summed E-state index contributed by atoms with van der Waals surface area (Å²) < 4.78 is 0. The van der Waals surface area contributed by atoms with Crippen molar-refractivity contribution in [1.29, 1.82) is 5.26 Å². The van der Waals surface area contributed by atoms with E-state index in [0.717, 1.165) is 74.5 Å². The zero-order valence-corrected chi connectivity index (χ0v) is 35.9. The van der Waals surface area contributed by atoms with E-state index in [1.807, 2.05) is 30.3 Å². The summed E-state index contributed by atoms with van der Waals surface area (Å²) in [7, 11) is 0. The van der Waals surface area contributed by atoms with Gasteiger partial charge in [-0.1, -0.05) is 125 Å². The second-order valence-corrected chi connectivity index (χ2v) is 20.2. The standard InChI is InChI=1S/C56H58N4/c1-36-24-40-27-42(28-40)33-55(4,30-36)48-19-14-44(15-20-48)51-29-47(43-12-10-39(35-57)11-13-43)18-23-50(51)54-59-52(45-8-6-5-7-9-45)58-53(60-54)46-16-21-49(22-17-46)56-31-37(2)25-41(34-56)26-38(3)32-56/h5-23,29,36-38,40-42H,24-28,30-34H2,1-4H3/t36-,37-,38+,40-,41-,42+,55?,56?/m0/s1. The Balaban J connectivity index is 1.07. The number of fused-ring (bicyclic) bond motifs is 6. The molecule has 4 heteroatoms. The van der Waals surface area contributed by atoms with E-state index in [1.54, 1.807) is 0 Å². The molecule has 2 unspecified atom stereocenters. The highest BCUT2D eigenvalue weighted by Gasteiger charge is 2.45. The molecule has 0 spiro atoms. The first-order valence-electron chi connectivity index (χ1n) is 22.8. The van der Waals surface area contributed by atoms with Crippen LogP contribution in [0.4, 0.5) is 0 Å². The van der Waals surface area contributed by atoms with Crippen molar-refractivity contribution in [2.45, 2.75) is 103 Å². The number of hydrogen-bond acceptors (Lipinski definition) is 4. The second kappa shape index (κ2) is 15.6. The fourth-order valence-electron chi connectivity index (χ4n) is 12.9. The van der Waals surface area contributed by atoms with E-state index in [4.69, 9.17) is 15.0 Å². The van der Waals surface area contributed by atoms with Gasteiger partial charge in [0.05, 0.1) is 11.6 Å². The summed E-state index contributed by atoms with van der Waals surface area (Å²) in [6, 6.07) is 45.9. The van der Waals surface area contributed by atoms with Crippen molar-refractivity contribution in [3.63, 3.8) is 0 Å². The number of benzene rings is 5. The van der Waals surface area contributed by atoms with Crippen LogP contribution in [-0.2, 0) is 10.8 Å². The zero-order chi connectivity index (χ0) is 41.0. The molecule has 1 heterocycles. The maximum absolute atomic E-state index is 9.52. The Labute approximate surface area is 357 Å². The van der Waals surface area contributed by atoms with Gasteiger partial charge in [-0.2, -0.15) is 5.26 Å². The molecule has 0 amide bonds. The highest BCUT2D eigenvalue weighted by atomic mass is 15.0. The monoisotopic (exact) mass is 786 g/mol. The Kier molecular flexibility index (Phi) is 10.1. The van der Waals surface area contributed by atoms with Crippen molar-refractivity contribution in [2.24, 2.45) is 35.5 Å². The minimum absolute atomic E-state index is 0.177. The highest BCUT2D eigenvalue weighted by Crippen LogP contribution is 2.54. The molecule has 302 valence electrons. The first kappa shape index (κ1) is 38.8. The molecule has 0 radical (unpaired) electrons. The van der Waals surface area contributed by atoms with Crippen LogP contribution in [0.3, 0.4) is 0 Å². The third kappa shape index (κ3) is 7.51. The van der Waals surface area contributed by atoms with Crippen LogP contribution in [0.15, 0.2) is 121 Å². The molecule has 5 fully saturated rings. The first-order chi connectivity index (χ1) is 29.1. The Bertz CT molecular complexity index is 2500. The summed E-state index contributed by atoms with van der Waals surface area (Å²) in [6.45, 7) is 9.91. The summed E-state index contributed by atoms with van der Waals surface area (Å²) >= 11 is 0. The molecule has 5 aliphatic rings. The van der Waals surface area contributed by atoms with Gasteiger partial charge in [0.15, 0.2) is 17.5 Å². The quantitative estimate of drug-likeness (QED) is 0.162. The molecule has 6 aromatic rings. The van der Waals surface area contributed by atoms with Crippen molar-refractivity contribution >= 4 is 0 Å². The fourth-order valence-corrected chi connectivity index (χ4v) is 12.9. The molecule has 4 nitrogen and oxygen atoms in total. The molecule has 5 aliphatic carbocycles. The molecule has 4 bridgehead atoms. The van der Waals surface area contributed by atoms with Gasteiger partial charge < -0.3 is 0 Å². The van der Waals surface area contributed by atoms with Crippen LogP contribution < -0.4 is 0 Å². The van der Waals surface area contributed by atoms with Crippen LogP contribution in [-0.4, -0.2) is 15.0 Å². The fraction of sp³-hybridized carbons (Fsp3) is 0.393. The van der Waals surface area contributed by atoms with Gasteiger partial charge >= 0.3 is 0 Å².